The number of carbonyl (C=O) groups excluding carboxylic acids is 1. The van der Waals surface area contributed by atoms with E-state index >= 15 is 0 Å². The second kappa shape index (κ2) is 5.42. The monoisotopic (exact) mass is 246 g/mol. The summed E-state index contributed by atoms with van der Waals surface area (Å²) in [4.78, 5) is 14.3. The van der Waals surface area contributed by atoms with Gasteiger partial charge in [0.2, 0.25) is 5.91 Å². The molecule has 0 unspecified atom stereocenters. The highest BCUT2D eigenvalue weighted by molar-refractivity contribution is 5.85. The van der Waals surface area contributed by atoms with Gasteiger partial charge in [-0.1, -0.05) is 32.0 Å². The molecule has 0 fully saturated rings. The van der Waals surface area contributed by atoms with Gasteiger partial charge in [-0.3, -0.25) is 4.79 Å². The number of nitrogens with zero attached hydrogens (tertiary/aromatic N) is 1. The maximum Gasteiger partial charge on any atom is 0.242 e. The molecule has 1 aliphatic rings. The Hall–Kier alpha value is -1.51. The van der Waals surface area contributed by atoms with Gasteiger partial charge in [-0.25, -0.2) is 0 Å². The number of amides is 1. The van der Waals surface area contributed by atoms with E-state index in [0.29, 0.717) is 5.92 Å². The number of hydrogen-bond donors (Lipinski definition) is 1. The quantitative estimate of drug-likeness (QED) is 0.883. The van der Waals surface area contributed by atoms with Gasteiger partial charge < -0.3 is 10.2 Å². The highest BCUT2D eigenvalue weighted by Crippen LogP contribution is 2.29. The first-order valence-corrected chi connectivity index (χ1v) is 6.72. The molecule has 0 spiro atoms. The van der Waals surface area contributed by atoms with Gasteiger partial charge in [0.15, 0.2) is 0 Å². The molecule has 98 valence electrons. The Labute approximate surface area is 109 Å². The van der Waals surface area contributed by atoms with Crippen molar-refractivity contribution < 1.29 is 4.79 Å². The molecule has 3 heteroatoms. The number of benzene rings is 1. The summed E-state index contributed by atoms with van der Waals surface area (Å²) in [6.07, 6.45) is 1.04. The molecule has 3 nitrogen and oxygen atoms in total. The van der Waals surface area contributed by atoms with Gasteiger partial charge in [-0.2, -0.15) is 0 Å². The van der Waals surface area contributed by atoms with Crippen LogP contribution in [-0.2, 0) is 11.2 Å². The van der Waals surface area contributed by atoms with Crippen molar-refractivity contribution >= 4 is 11.6 Å². The van der Waals surface area contributed by atoms with Gasteiger partial charge in [-0.15, -0.1) is 0 Å². The number of para-hydroxylation sites is 1. The standard InChI is InChI=1S/C15H22N2O/c1-11(2)10-16-15(18)12(3)17-9-8-13-6-4-5-7-14(13)17/h4-7,11-12H,8-10H2,1-3H3,(H,16,18)/t12-/m0/s1. The summed E-state index contributed by atoms with van der Waals surface area (Å²) in [5.41, 5.74) is 2.56. The van der Waals surface area contributed by atoms with Crippen molar-refractivity contribution in [3.8, 4) is 0 Å². The molecule has 1 amide bonds. The van der Waals surface area contributed by atoms with Crippen LogP contribution in [0.2, 0.25) is 0 Å². The molecule has 0 aliphatic carbocycles. The number of hydrogen-bond acceptors (Lipinski definition) is 2. The molecule has 1 aromatic carbocycles. The Kier molecular flexibility index (Phi) is 3.90. The van der Waals surface area contributed by atoms with Crippen molar-refractivity contribution in [3.63, 3.8) is 0 Å². The second-order valence-electron chi connectivity index (χ2n) is 5.39. The lowest BCUT2D eigenvalue weighted by Crippen LogP contribution is -2.45. The Morgan fingerprint density at radius 2 is 2.06 bits per heavy atom. The summed E-state index contributed by atoms with van der Waals surface area (Å²) in [6, 6.07) is 8.26. The largest absolute Gasteiger partial charge is 0.359 e. The minimum atomic E-state index is -0.0904. The van der Waals surface area contributed by atoms with Gasteiger partial charge in [0.05, 0.1) is 0 Å². The van der Waals surface area contributed by atoms with Crippen molar-refractivity contribution in [2.45, 2.75) is 33.2 Å². The third-order valence-electron chi connectivity index (χ3n) is 3.45. The van der Waals surface area contributed by atoms with E-state index in [4.69, 9.17) is 0 Å². The van der Waals surface area contributed by atoms with E-state index < -0.39 is 0 Å². The van der Waals surface area contributed by atoms with Gasteiger partial charge in [0.25, 0.3) is 0 Å². The van der Waals surface area contributed by atoms with Crippen LogP contribution in [0, 0.1) is 5.92 Å². The highest BCUT2D eigenvalue weighted by atomic mass is 16.2. The van der Waals surface area contributed by atoms with Crippen LogP contribution >= 0.6 is 0 Å². The fourth-order valence-electron chi connectivity index (χ4n) is 2.36. The summed E-state index contributed by atoms with van der Waals surface area (Å²) >= 11 is 0. The number of fused-ring (bicyclic) bond motifs is 1. The first-order chi connectivity index (χ1) is 8.59. The van der Waals surface area contributed by atoms with Crippen LogP contribution in [0.3, 0.4) is 0 Å². The summed E-state index contributed by atoms with van der Waals surface area (Å²) in [7, 11) is 0. The zero-order valence-corrected chi connectivity index (χ0v) is 11.4. The van der Waals surface area contributed by atoms with Gasteiger partial charge in [0.1, 0.15) is 6.04 Å². The average Bonchev–Trinajstić information content (AvgIpc) is 2.78. The fraction of sp³-hybridized carbons (Fsp3) is 0.533. The zero-order valence-electron chi connectivity index (χ0n) is 11.4. The lowest BCUT2D eigenvalue weighted by atomic mass is 10.1. The van der Waals surface area contributed by atoms with E-state index in [2.05, 4.69) is 42.3 Å². The van der Waals surface area contributed by atoms with Gasteiger partial charge in [-0.05, 0) is 30.9 Å². The van der Waals surface area contributed by atoms with E-state index in [0.717, 1.165) is 19.5 Å². The molecule has 1 aliphatic heterocycles. The van der Waals surface area contributed by atoms with Crippen LogP contribution in [0.5, 0.6) is 0 Å². The van der Waals surface area contributed by atoms with Crippen molar-refractivity contribution in [1.29, 1.82) is 0 Å². The van der Waals surface area contributed by atoms with E-state index in [9.17, 15) is 4.79 Å². The maximum atomic E-state index is 12.1. The summed E-state index contributed by atoms with van der Waals surface area (Å²) in [5.74, 6) is 0.618. The predicted molar refractivity (Wildman–Crippen MR) is 74.8 cm³/mol. The lowest BCUT2D eigenvalue weighted by molar-refractivity contribution is -0.122. The topological polar surface area (TPSA) is 32.3 Å². The van der Waals surface area contributed by atoms with Gasteiger partial charge >= 0.3 is 0 Å². The van der Waals surface area contributed by atoms with E-state index in [1.54, 1.807) is 0 Å². The van der Waals surface area contributed by atoms with Crippen LogP contribution < -0.4 is 10.2 Å². The highest BCUT2D eigenvalue weighted by Gasteiger charge is 2.27. The number of carbonyl (C=O) groups is 1. The van der Waals surface area contributed by atoms with E-state index in [-0.39, 0.29) is 11.9 Å². The normalized spacial score (nSPS) is 15.7. The molecule has 0 bridgehead atoms. The average molecular weight is 246 g/mol. The van der Waals surface area contributed by atoms with Gasteiger partial charge in [0, 0.05) is 18.8 Å². The smallest absolute Gasteiger partial charge is 0.242 e. The lowest BCUT2D eigenvalue weighted by Gasteiger charge is -2.26. The zero-order chi connectivity index (χ0) is 13.1. The van der Waals surface area contributed by atoms with Crippen molar-refractivity contribution in [2.24, 2.45) is 5.92 Å². The molecule has 18 heavy (non-hydrogen) atoms. The predicted octanol–water partition coefficient (Wildman–Crippen LogP) is 2.21. The molecule has 1 heterocycles. The molecule has 2 rings (SSSR count). The van der Waals surface area contributed by atoms with Crippen molar-refractivity contribution in [1.82, 2.24) is 5.32 Å². The van der Waals surface area contributed by atoms with Crippen molar-refractivity contribution in [2.75, 3.05) is 18.0 Å². The summed E-state index contributed by atoms with van der Waals surface area (Å²) in [6.45, 7) is 7.89. The Bertz CT molecular complexity index is 428. The minimum absolute atomic E-state index is 0.0904. The first kappa shape index (κ1) is 12.9. The van der Waals surface area contributed by atoms with E-state index in [1.165, 1.54) is 11.3 Å². The van der Waals surface area contributed by atoms with Crippen LogP contribution in [0.25, 0.3) is 0 Å². The molecule has 1 N–H and O–H groups in total. The van der Waals surface area contributed by atoms with Crippen LogP contribution in [0.1, 0.15) is 26.3 Å². The molecule has 1 atom stereocenters. The van der Waals surface area contributed by atoms with Crippen LogP contribution in [0.4, 0.5) is 5.69 Å². The third kappa shape index (κ3) is 2.66. The molecule has 0 saturated heterocycles. The Morgan fingerprint density at radius 1 is 1.33 bits per heavy atom. The summed E-state index contributed by atoms with van der Waals surface area (Å²) in [5, 5.41) is 3.01. The molecule has 0 aromatic heterocycles. The van der Waals surface area contributed by atoms with E-state index in [1.807, 2.05) is 13.0 Å². The Morgan fingerprint density at radius 3 is 2.78 bits per heavy atom. The molecule has 0 saturated carbocycles. The molecular weight excluding hydrogens is 224 g/mol. The number of rotatable bonds is 4. The molecular formula is C15H22N2O. The first-order valence-electron chi connectivity index (χ1n) is 6.72. The molecule has 1 aromatic rings. The SMILES string of the molecule is CC(C)CNC(=O)[C@H](C)N1CCc2ccccc21. The fourth-order valence-corrected chi connectivity index (χ4v) is 2.36. The summed E-state index contributed by atoms with van der Waals surface area (Å²) < 4.78 is 0. The Balaban J connectivity index is 2.02. The maximum absolute atomic E-state index is 12.1. The van der Waals surface area contributed by atoms with Crippen LogP contribution in [0.15, 0.2) is 24.3 Å². The molecule has 0 radical (unpaired) electrons. The second-order valence-corrected chi connectivity index (χ2v) is 5.39. The number of nitrogens with one attached hydrogen (secondary N) is 1. The van der Waals surface area contributed by atoms with Crippen LogP contribution in [-0.4, -0.2) is 25.0 Å². The number of anilines is 1. The van der Waals surface area contributed by atoms with Crippen molar-refractivity contribution in [3.05, 3.63) is 29.8 Å². The minimum Gasteiger partial charge on any atom is -0.359 e. The third-order valence-corrected chi connectivity index (χ3v) is 3.45.